The van der Waals surface area contributed by atoms with Crippen molar-refractivity contribution in [1.29, 1.82) is 0 Å². The molecule has 0 radical (unpaired) electrons. The highest BCUT2D eigenvalue weighted by atomic mass is 16.5. The second-order valence-electron chi connectivity index (χ2n) is 15.4. The third-order valence-corrected chi connectivity index (χ3v) is 10.0. The summed E-state index contributed by atoms with van der Waals surface area (Å²) >= 11 is 0. The van der Waals surface area contributed by atoms with E-state index in [1.165, 1.54) is 51.4 Å². The Bertz CT molecular complexity index is 1060. The number of aliphatic hydroxyl groups excluding tert-OH is 2. The predicted octanol–water partition coefficient (Wildman–Crippen LogP) is 13.4. The minimum Gasteiger partial charge on any atom is -0.462 e. The number of hydrogen-bond donors (Lipinski definition) is 3. The summed E-state index contributed by atoms with van der Waals surface area (Å²) in [7, 11) is 0. The molecule has 1 amide bonds. The zero-order valence-electron chi connectivity index (χ0n) is 36.5. The first-order valence-electron chi connectivity index (χ1n) is 23.2. The van der Waals surface area contributed by atoms with E-state index in [2.05, 4.69) is 99.0 Å². The van der Waals surface area contributed by atoms with Crippen molar-refractivity contribution in [3.63, 3.8) is 0 Å². The van der Waals surface area contributed by atoms with Crippen LogP contribution in [-0.2, 0) is 14.3 Å². The molecular weight excluding hydrogens is 695 g/mol. The molecule has 0 saturated heterocycles. The molecule has 0 aliphatic heterocycles. The number of hydrogen-bond acceptors (Lipinski definition) is 5. The summed E-state index contributed by atoms with van der Waals surface area (Å²) in [6, 6.07) is -0.713. The number of carbonyl (C=O) groups is 2. The Morgan fingerprint density at radius 1 is 0.536 bits per heavy atom. The highest BCUT2D eigenvalue weighted by Gasteiger charge is 2.24. The van der Waals surface area contributed by atoms with E-state index < -0.39 is 18.2 Å². The SMILES string of the molecule is CC/C=C\C/C=C\C/C=C\C/C=C\C/C=C\CCCCCC(=O)OC(CCCCC/C=C\CCCC)CC(=O)NC(CO)C(O)CCCCCCCCCCC. The number of aliphatic hydroxyl groups is 2. The smallest absolute Gasteiger partial charge is 0.306 e. The molecule has 0 aromatic rings. The van der Waals surface area contributed by atoms with Gasteiger partial charge in [0.15, 0.2) is 0 Å². The number of amides is 1. The first-order valence-corrected chi connectivity index (χ1v) is 23.2. The van der Waals surface area contributed by atoms with Gasteiger partial charge >= 0.3 is 5.97 Å². The molecule has 3 unspecified atom stereocenters. The van der Waals surface area contributed by atoms with E-state index in [0.29, 0.717) is 19.3 Å². The van der Waals surface area contributed by atoms with Crippen molar-refractivity contribution >= 4 is 11.9 Å². The number of allylic oxidation sites excluding steroid dienone is 12. The zero-order valence-corrected chi connectivity index (χ0v) is 36.5. The molecule has 56 heavy (non-hydrogen) atoms. The number of esters is 1. The quantitative estimate of drug-likeness (QED) is 0.0327. The molecule has 0 heterocycles. The first-order chi connectivity index (χ1) is 27.5. The summed E-state index contributed by atoms with van der Waals surface area (Å²) in [6.07, 6.45) is 54.0. The summed E-state index contributed by atoms with van der Waals surface area (Å²) in [4.78, 5) is 25.9. The molecular formula is C50H87NO5. The lowest BCUT2D eigenvalue weighted by Gasteiger charge is -2.24. The van der Waals surface area contributed by atoms with Gasteiger partial charge in [-0.2, -0.15) is 0 Å². The Balaban J connectivity index is 4.57. The van der Waals surface area contributed by atoms with Crippen molar-refractivity contribution in [1.82, 2.24) is 5.32 Å². The average Bonchev–Trinajstić information content (AvgIpc) is 3.19. The summed E-state index contributed by atoms with van der Waals surface area (Å²) in [5.41, 5.74) is 0. The molecule has 0 aliphatic carbocycles. The van der Waals surface area contributed by atoms with Gasteiger partial charge in [0, 0.05) is 6.42 Å². The van der Waals surface area contributed by atoms with Crippen LogP contribution in [0.4, 0.5) is 0 Å². The molecule has 0 saturated carbocycles. The lowest BCUT2D eigenvalue weighted by molar-refractivity contribution is -0.151. The van der Waals surface area contributed by atoms with E-state index in [1.54, 1.807) is 0 Å². The van der Waals surface area contributed by atoms with Crippen molar-refractivity contribution in [2.75, 3.05) is 6.61 Å². The van der Waals surface area contributed by atoms with Crippen molar-refractivity contribution in [3.05, 3.63) is 72.9 Å². The lowest BCUT2D eigenvalue weighted by atomic mass is 10.0. The van der Waals surface area contributed by atoms with E-state index in [9.17, 15) is 19.8 Å². The van der Waals surface area contributed by atoms with Gasteiger partial charge in [-0.25, -0.2) is 0 Å². The lowest BCUT2D eigenvalue weighted by Crippen LogP contribution is -2.46. The van der Waals surface area contributed by atoms with E-state index in [4.69, 9.17) is 4.74 Å². The minimum atomic E-state index is -0.797. The molecule has 322 valence electrons. The molecule has 6 nitrogen and oxygen atoms in total. The van der Waals surface area contributed by atoms with Crippen LogP contribution < -0.4 is 5.32 Å². The highest BCUT2D eigenvalue weighted by molar-refractivity contribution is 5.77. The fourth-order valence-corrected chi connectivity index (χ4v) is 6.49. The van der Waals surface area contributed by atoms with Crippen LogP contribution in [0, 0.1) is 0 Å². The monoisotopic (exact) mass is 782 g/mol. The van der Waals surface area contributed by atoms with Gasteiger partial charge in [0.1, 0.15) is 6.10 Å². The highest BCUT2D eigenvalue weighted by Crippen LogP contribution is 2.16. The van der Waals surface area contributed by atoms with Crippen molar-refractivity contribution in [3.8, 4) is 0 Å². The topological polar surface area (TPSA) is 95.9 Å². The maximum absolute atomic E-state index is 13.1. The number of carbonyl (C=O) groups excluding carboxylic acids is 2. The Kier molecular flexibility index (Phi) is 41.3. The van der Waals surface area contributed by atoms with E-state index >= 15 is 0 Å². The van der Waals surface area contributed by atoms with Gasteiger partial charge in [-0.15, -0.1) is 0 Å². The second-order valence-corrected chi connectivity index (χ2v) is 15.4. The summed E-state index contributed by atoms with van der Waals surface area (Å²) in [5, 5.41) is 23.5. The molecule has 0 aliphatic rings. The fraction of sp³-hybridized carbons (Fsp3) is 0.720. The Morgan fingerprint density at radius 3 is 1.54 bits per heavy atom. The minimum absolute atomic E-state index is 0.0496. The maximum atomic E-state index is 13.1. The number of rotatable bonds is 40. The molecule has 0 bridgehead atoms. The average molecular weight is 782 g/mol. The van der Waals surface area contributed by atoms with E-state index in [0.717, 1.165) is 109 Å². The Morgan fingerprint density at radius 2 is 0.982 bits per heavy atom. The van der Waals surface area contributed by atoms with Crippen LogP contribution in [0.5, 0.6) is 0 Å². The van der Waals surface area contributed by atoms with Crippen LogP contribution in [0.1, 0.15) is 207 Å². The molecule has 3 atom stereocenters. The van der Waals surface area contributed by atoms with Gasteiger partial charge in [-0.05, 0) is 89.9 Å². The molecule has 0 rings (SSSR count). The van der Waals surface area contributed by atoms with Crippen LogP contribution in [-0.4, -0.2) is 46.9 Å². The molecule has 0 fully saturated rings. The molecule has 0 spiro atoms. The maximum Gasteiger partial charge on any atom is 0.306 e. The van der Waals surface area contributed by atoms with Crippen LogP contribution in [0.3, 0.4) is 0 Å². The standard InChI is InChI=1S/C50H87NO5/c1-4-7-10-13-16-19-20-21-22-23-24-25-26-27-28-31-34-37-40-43-50(55)56-46(41-38-35-32-29-17-14-11-8-5-2)44-49(54)51-47(45-52)48(53)42-39-36-33-30-18-15-12-9-6-3/h7,10,14,16-17,19,21-22,24-25,27-28,46-48,52-53H,4-6,8-9,11-13,15,18,20,23,26,29-45H2,1-3H3,(H,51,54)/b10-7-,17-14-,19-16-,22-21-,25-24-,28-27-. The van der Waals surface area contributed by atoms with Gasteiger partial charge in [0.05, 0.1) is 25.2 Å². The molecule has 0 aromatic carbocycles. The number of ether oxygens (including phenoxy) is 1. The van der Waals surface area contributed by atoms with Gasteiger partial charge in [-0.3, -0.25) is 9.59 Å². The molecule has 0 aromatic heterocycles. The number of unbranched alkanes of at least 4 members (excludes halogenated alkanes) is 16. The Labute approximate surface area is 345 Å². The fourth-order valence-electron chi connectivity index (χ4n) is 6.49. The predicted molar refractivity (Wildman–Crippen MR) is 241 cm³/mol. The van der Waals surface area contributed by atoms with Crippen molar-refractivity contribution in [2.24, 2.45) is 0 Å². The van der Waals surface area contributed by atoms with Crippen LogP contribution in [0.25, 0.3) is 0 Å². The second kappa shape index (κ2) is 43.4. The Hall–Kier alpha value is -2.70. The first kappa shape index (κ1) is 53.3. The third-order valence-electron chi connectivity index (χ3n) is 10.0. The van der Waals surface area contributed by atoms with Crippen LogP contribution >= 0.6 is 0 Å². The van der Waals surface area contributed by atoms with Crippen molar-refractivity contribution in [2.45, 2.75) is 225 Å². The normalized spacial score (nSPS) is 14.0. The molecule has 6 heteroatoms. The van der Waals surface area contributed by atoms with E-state index in [1.807, 2.05) is 0 Å². The van der Waals surface area contributed by atoms with Crippen LogP contribution in [0.2, 0.25) is 0 Å². The van der Waals surface area contributed by atoms with Gasteiger partial charge in [-0.1, -0.05) is 177 Å². The molecule has 3 N–H and O–H groups in total. The van der Waals surface area contributed by atoms with Gasteiger partial charge in [0.2, 0.25) is 5.91 Å². The number of nitrogens with one attached hydrogen (secondary N) is 1. The summed E-state index contributed by atoms with van der Waals surface area (Å²) in [6.45, 7) is 6.27. The zero-order chi connectivity index (χ0) is 41.0. The van der Waals surface area contributed by atoms with Gasteiger partial charge in [0.25, 0.3) is 0 Å². The van der Waals surface area contributed by atoms with E-state index in [-0.39, 0.29) is 24.9 Å². The van der Waals surface area contributed by atoms with Gasteiger partial charge < -0.3 is 20.3 Å². The summed E-state index contributed by atoms with van der Waals surface area (Å²) < 4.78 is 5.87. The summed E-state index contributed by atoms with van der Waals surface area (Å²) in [5.74, 6) is -0.537. The van der Waals surface area contributed by atoms with Crippen molar-refractivity contribution < 1.29 is 24.5 Å². The van der Waals surface area contributed by atoms with Crippen LogP contribution in [0.15, 0.2) is 72.9 Å². The largest absolute Gasteiger partial charge is 0.462 e. The third kappa shape index (κ3) is 38.2.